The van der Waals surface area contributed by atoms with Crippen LogP contribution in [0.4, 0.5) is 0 Å². The quantitative estimate of drug-likeness (QED) is 0.518. The Labute approximate surface area is 123 Å². The van der Waals surface area contributed by atoms with E-state index in [0.29, 0.717) is 6.04 Å². The molecule has 5 nitrogen and oxygen atoms in total. The second kappa shape index (κ2) is 11.9. The third kappa shape index (κ3) is 9.04. The van der Waals surface area contributed by atoms with Gasteiger partial charge >= 0.3 is 0 Å². The van der Waals surface area contributed by atoms with Crippen molar-refractivity contribution in [2.24, 2.45) is 11.7 Å². The van der Waals surface area contributed by atoms with Crippen LogP contribution in [0.25, 0.3) is 0 Å². The Morgan fingerprint density at radius 2 is 2.00 bits per heavy atom. The molecule has 1 saturated heterocycles. The molecule has 0 aliphatic carbocycles. The number of amides is 1. The number of carbonyl (C=O) groups is 2. The molecule has 3 N–H and O–H groups in total. The molecule has 0 aromatic carbocycles. The van der Waals surface area contributed by atoms with Crippen LogP contribution in [0.5, 0.6) is 0 Å². The molecule has 118 valence electrons. The van der Waals surface area contributed by atoms with Crippen molar-refractivity contribution in [3.05, 3.63) is 0 Å². The van der Waals surface area contributed by atoms with Crippen LogP contribution in [0.1, 0.15) is 46.0 Å². The molecule has 1 rings (SSSR count). The zero-order valence-corrected chi connectivity index (χ0v) is 13.2. The van der Waals surface area contributed by atoms with Gasteiger partial charge in [-0.1, -0.05) is 13.8 Å². The van der Waals surface area contributed by atoms with Crippen molar-refractivity contribution in [2.45, 2.75) is 52.0 Å². The van der Waals surface area contributed by atoms with Crippen LogP contribution >= 0.6 is 0 Å². The summed E-state index contributed by atoms with van der Waals surface area (Å²) in [6.45, 7) is 7.21. The Bertz CT molecular complexity index is 264. The summed E-state index contributed by atoms with van der Waals surface area (Å²) in [5, 5.41) is 3.52. The van der Waals surface area contributed by atoms with Gasteiger partial charge in [0.25, 0.3) is 0 Å². The number of nitrogens with one attached hydrogen (secondary N) is 1. The molecule has 1 amide bonds. The highest BCUT2D eigenvalue weighted by atomic mass is 16.1. The highest BCUT2D eigenvalue weighted by molar-refractivity contribution is 5.77. The summed E-state index contributed by atoms with van der Waals surface area (Å²) in [5.41, 5.74) is 5.08. The van der Waals surface area contributed by atoms with Gasteiger partial charge in [-0.25, -0.2) is 0 Å². The van der Waals surface area contributed by atoms with Gasteiger partial charge in [-0.05, 0) is 52.4 Å². The van der Waals surface area contributed by atoms with Crippen molar-refractivity contribution in [1.29, 1.82) is 0 Å². The maximum atomic E-state index is 10.7. The summed E-state index contributed by atoms with van der Waals surface area (Å²) in [5.74, 6) is -0.600. The number of aldehydes is 1. The normalized spacial score (nSPS) is 17.9. The Hall–Kier alpha value is -0.940. The molecule has 0 saturated carbocycles. The number of likely N-dealkylation sites (tertiary alicyclic amines) is 1. The summed E-state index contributed by atoms with van der Waals surface area (Å²) in [6.07, 6.45) is 5.07. The molecule has 1 unspecified atom stereocenters. The lowest BCUT2D eigenvalue weighted by atomic mass is 10.0. The second-order valence-corrected chi connectivity index (χ2v) is 5.24. The fraction of sp³-hybridized carbons (Fsp3) is 0.867. The lowest BCUT2D eigenvalue weighted by molar-refractivity contribution is -0.122. The Morgan fingerprint density at radius 1 is 1.40 bits per heavy atom. The summed E-state index contributed by atoms with van der Waals surface area (Å²) >= 11 is 0. The van der Waals surface area contributed by atoms with Gasteiger partial charge in [0.15, 0.2) is 0 Å². The van der Waals surface area contributed by atoms with Gasteiger partial charge < -0.3 is 20.7 Å². The van der Waals surface area contributed by atoms with E-state index in [1.807, 2.05) is 13.8 Å². The molecule has 0 radical (unpaired) electrons. The highest BCUT2D eigenvalue weighted by Crippen LogP contribution is 2.10. The number of primary amides is 1. The molecule has 1 aliphatic rings. The number of nitrogens with zero attached hydrogens (tertiary/aromatic N) is 1. The zero-order chi connectivity index (χ0) is 15.4. The topological polar surface area (TPSA) is 75.4 Å². The minimum absolute atomic E-state index is 0.178. The van der Waals surface area contributed by atoms with Gasteiger partial charge in [-0.3, -0.25) is 4.79 Å². The SMILES string of the molecule is CC.CN1CCC(NCCCC(C=O)CC(N)=O)CC1. The van der Waals surface area contributed by atoms with E-state index in [4.69, 9.17) is 5.73 Å². The molecular weight excluding hydrogens is 254 g/mol. The molecule has 5 heteroatoms. The van der Waals surface area contributed by atoms with Crippen LogP contribution in [0.3, 0.4) is 0 Å². The average molecular weight is 285 g/mol. The smallest absolute Gasteiger partial charge is 0.218 e. The second-order valence-electron chi connectivity index (χ2n) is 5.24. The van der Waals surface area contributed by atoms with Crippen LogP contribution in [0.2, 0.25) is 0 Å². The molecule has 1 heterocycles. The third-order valence-electron chi connectivity index (χ3n) is 3.56. The van der Waals surface area contributed by atoms with Gasteiger partial charge in [-0.15, -0.1) is 0 Å². The minimum atomic E-state index is -0.393. The molecule has 0 aromatic rings. The number of hydrogen-bond acceptors (Lipinski definition) is 4. The average Bonchev–Trinajstić information content (AvgIpc) is 2.46. The van der Waals surface area contributed by atoms with Crippen molar-refractivity contribution in [3.63, 3.8) is 0 Å². The summed E-state index contributed by atoms with van der Waals surface area (Å²) in [6, 6.07) is 0.604. The van der Waals surface area contributed by atoms with E-state index < -0.39 is 5.91 Å². The molecule has 1 atom stereocenters. The molecule has 0 bridgehead atoms. The van der Waals surface area contributed by atoms with E-state index in [1.165, 1.54) is 12.8 Å². The molecule has 0 aromatic heterocycles. The monoisotopic (exact) mass is 285 g/mol. The summed E-state index contributed by atoms with van der Waals surface area (Å²) in [7, 11) is 2.15. The van der Waals surface area contributed by atoms with Crippen molar-refractivity contribution in [2.75, 3.05) is 26.7 Å². The zero-order valence-electron chi connectivity index (χ0n) is 13.2. The van der Waals surface area contributed by atoms with Gasteiger partial charge in [0, 0.05) is 18.4 Å². The Kier molecular flexibility index (Phi) is 11.3. The van der Waals surface area contributed by atoms with Crippen LogP contribution in [0, 0.1) is 5.92 Å². The van der Waals surface area contributed by atoms with E-state index in [0.717, 1.165) is 38.8 Å². The number of nitrogens with two attached hydrogens (primary N) is 1. The van der Waals surface area contributed by atoms with Crippen LogP contribution < -0.4 is 11.1 Å². The first-order chi connectivity index (χ1) is 9.61. The van der Waals surface area contributed by atoms with E-state index in [9.17, 15) is 9.59 Å². The summed E-state index contributed by atoms with van der Waals surface area (Å²) in [4.78, 5) is 23.8. The van der Waals surface area contributed by atoms with Crippen LogP contribution in [-0.4, -0.2) is 49.8 Å². The molecule has 0 spiro atoms. The maximum absolute atomic E-state index is 10.7. The van der Waals surface area contributed by atoms with Crippen molar-refractivity contribution in [3.8, 4) is 0 Å². The van der Waals surface area contributed by atoms with Crippen molar-refractivity contribution >= 4 is 12.2 Å². The number of rotatable bonds is 8. The molecule has 1 fully saturated rings. The maximum Gasteiger partial charge on any atom is 0.218 e. The van der Waals surface area contributed by atoms with E-state index >= 15 is 0 Å². The highest BCUT2D eigenvalue weighted by Gasteiger charge is 2.16. The first-order valence-corrected chi connectivity index (χ1v) is 7.77. The predicted octanol–water partition coefficient (Wildman–Crippen LogP) is 1.17. The van der Waals surface area contributed by atoms with E-state index in [-0.39, 0.29) is 12.3 Å². The minimum Gasteiger partial charge on any atom is -0.370 e. The van der Waals surface area contributed by atoms with Crippen molar-refractivity contribution in [1.82, 2.24) is 10.2 Å². The number of piperidine rings is 1. The Balaban J connectivity index is 0.00000172. The van der Waals surface area contributed by atoms with Crippen LogP contribution in [-0.2, 0) is 9.59 Å². The number of carbonyl (C=O) groups excluding carboxylic acids is 2. The summed E-state index contributed by atoms with van der Waals surface area (Å²) < 4.78 is 0. The molecule has 1 aliphatic heterocycles. The third-order valence-corrected chi connectivity index (χ3v) is 3.56. The first kappa shape index (κ1) is 19.1. The van der Waals surface area contributed by atoms with Gasteiger partial charge in [-0.2, -0.15) is 0 Å². The van der Waals surface area contributed by atoms with E-state index in [2.05, 4.69) is 17.3 Å². The fourth-order valence-electron chi connectivity index (χ4n) is 2.36. The lowest BCUT2D eigenvalue weighted by Gasteiger charge is -2.29. The number of hydrogen-bond donors (Lipinski definition) is 2. The fourth-order valence-corrected chi connectivity index (χ4v) is 2.36. The Morgan fingerprint density at radius 3 is 2.50 bits per heavy atom. The predicted molar refractivity (Wildman–Crippen MR) is 82.5 cm³/mol. The van der Waals surface area contributed by atoms with Crippen LogP contribution in [0.15, 0.2) is 0 Å². The molecular formula is C15H31N3O2. The largest absolute Gasteiger partial charge is 0.370 e. The van der Waals surface area contributed by atoms with Crippen molar-refractivity contribution < 1.29 is 9.59 Å². The standard InChI is InChI=1S/C13H25N3O2.C2H6/c1-16-7-4-12(5-8-16)15-6-2-3-11(10-17)9-13(14)18;1-2/h10-12,15H,2-9H2,1H3,(H2,14,18);1-2H3. The van der Waals surface area contributed by atoms with Gasteiger partial charge in [0.1, 0.15) is 6.29 Å². The molecule has 20 heavy (non-hydrogen) atoms. The first-order valence-electron chi connectivity index (χ1n) is 7.77. The van der Waals surface area contributed by atoms with Gasteiger partial charge in [0.2, 0.25) is 5.91 Å². The van der Waals surface area contributed by atoms with Gasteiger partial charge in [0.05, 0.1) is 0 Å². The lowest BCUT2D eigenvalue weighted by Crippen LogP contribution is -2.41. The van der Waals surface area contributed by atoms with E-state index in [1.54, 1.807) is 0 Å².